The monoisotopic (exact) mass is 217 g/mol. The summed E-state index contributed by atoms with van der Waals surface area (Å²) in [7, 11) is 0. The Balaban J connectivity index is 2.01. The van der Waals surface area contributed by atoms with E-state index in [4.69, 9.17) is 4.74 Å². The van der Waals surface area contributed by atoms with Gasteiger partial charge in [0.15, 0.2) is 0 Å². The standard InChI is InChI=1S/C14H19NO/c1-2-14(12-6-4-3-5-7-12)16-13-8-10-15-11-9-13/h2-7,13,15H,8-11H2,1H3. The summed E-state index contributed by atoms with van der Waals surface area (Å²) in [4.78, 5) is 0. The summed E-state index contributed by atoms with van der Waals surface area (Å²) in [5.74, 6) is 1.01. The van der Waals surface area contributed by atoms with Crippen molar-refractivity contribution < 1.29 is 4.74 Å². The molecule has 1 heterocycles. The van der Waals surface area contributed by atoms with Crippen molar-refractivity contribution in [1.29, 1.82) is 0 Å². The summed E-state index contributed by atoms with van der Waals surface area (Å²) >= 11 is 0. The maximum Gasteiger partial charge on any atom is 0.122 e. The largest absolute Gasteiger partial charge is 0.490 e. The fraction of sp³-hybridized carbons (Fsp3) is 0.429. The van der Waals surface area contributed by atoms with Gasteiger partial charge in [-0.2, -0.15) is 0 Å². The highest BCUT2D eigenvalue weighted by Gasteiger charge is 2.15. The van der Waals surface area contributed by atoms with Gasteiger partial charge in [0.25, 0.3) is 0 Å². The van der Waals surface area contributed by atoms with Crippen molar-refractivity contribution in [2.45, 2.75) is 25.9 Å². The first-order chi connectivity index (χ1) is 7.90. The van der Waals surface area contributed by atoms with Crippen LogP contribution in [0.3, 0.4) is 0 Å². The van der Waals surface area contributed by atoms with E-state index < -0.39 is 0 Å². The Morgan fingerprint density at radius 3 is 2.56 bits per heavy atom. The highest BCUT2D eigenvalue weighted by Crippen LogP contribution is 2.20. The maximum absolute atomic E-state index is 6.05. The molecule has 0 spiro atoms. The van der Waals surface area contributed by atoms with Gasteiger partial charge in [-0.3, -0.25) is 0 Å². The van der Waals surface area contributed by atoms with E-state index >= 15 is 0 Å². The molecule has 1 fully saturated rings. The minimum absolute atomic E-state index is 0.368. The van der Waals surface area contributed by atoms with Gasteiger partial charge in [0, 0.05) is 5.56 Å². The van der Waals surface area contributed by atoms with Crippen LogP contribution in [0.1, 0.15) is 25.3 Å². The second-order valence-electron chi connectivity index (χ2n) is 4.09. The molecule has 86 valence electrons. The normalized spacial score (nSPS) is 18.4. The van der Waals surface area contributed by atoms with Crippen LogP contribution < -0.4 is 5.32 Å². The van der Waals surface area contributed by atoms with Crippen LogP contribution in [0.2, 0.25) is 0 Å². The Hall–Kier alpha value is -1.28. The number of piperidine rings is 1. The molecule has 1 aromatic rings. The molecule has 0 saturated carbocycles. The van der Waals surface area contributed by atoms with Crippen LogP contribution in [0, 0.1) is 0 Å². The third kappa shape index (κ3) is 2.86. The second kappa shape index (κ2) is 5.71. The van der Waals surface area contributed by atoms with E-state index in [0.29, 0.717) is 6.10 Å². The lowest BCUT2D eigenvalue weighted by atomic mass is 10.1. The molecule has 0 radical (unpaired) electrons. The molecule has 1 N–H and O–H groups in total. The Kier molecular flexibility index (Phi) is 4.00. The van der Waals surface area contributed by atoms with E-state index in [1.165, 1.54) is 5.56 Å². The van der Waals surface area contributed by atoms with Crippen LogP contribution in [-0.2, 0) is 4.74 Å². The van der Waals surface area contributed by atoms with E-state index in [-0.39, 0.29) is 0 Å². The number of ether oxygens (including phenoxy) is 1. The van der Waals surface area contributed by atoms with Gasteiger partial charge >= 0.3 is 0 Å². The summed E-state index contributed by atoms with van der Waals surface area (Å²) in [6.07, 6.45) is 4.62. The molecule has 2 rings (SSSR count). The smallest absolute Gasteiger partial charge is 0.122 e. The first-order valence-corrected chi connectivity index (χ1v) is 5.99. The number of hydrogen-bond donors (Lipinski definition) is 1. The van der Waals surface area contributed by atoms with E-state index in [2.05, 4.69) is 23.5 Å². The van der Waals surface area contributed by atoms with Crippen LogP contribution in [-0.4, -0.2) is 19.2 Å². The predicted octanol–water partition coefficient (Wildman–Crippen LogP) is 2.82. The molecule has 1 aliphatic heterocycles. The van der Waals surface area contributed by atoms with Crippen LogP contribution in [0.4, 0.5) is 0 Å². The average Bonchev–Trinajstić information content (AvgIpc) is 2.38. The number of rotatable bonds is 3. The number of benzene rings is 1. The molecule has 0 bridgehead atoms. The van der Waals surface area contributed by atoms with Crippen molar-refractivity contribution in [2.24, 2.45) is 0 Å². The zero-order chi connectivity index (χ0) is 11.2. The van der Waals surface area contributed by atoms with Crippen molar-refractivity contribution >= 4 is 5.76 Å². The molecule has 0 aromatic heterocycles. The van der Waals surface area contributed by atoms with E-state index in [1.807, 2.05) is 25.1 Å². The van der Waals surface area contributed by atoms with Crippen molar-refractivity contribution in [1.82, 2.24) is 5.32 Å². The minimum atomic E-state index is 0.368. The SMILES string of the molecule is CC=C(OC1CCNCC1)c1ccccc1. The molecule has 1 saturated heterocycles. The summed E-state index contributed by atoms with van der Waals surface area (Å²) < 4.78 is 6.05. The highest BCUT2D eigenvalue weighted by molar-refractivity contribution is 5.59. The average molecular weight is 217 g/mol. The van der Waals surface area contributed by atoms with Gasteiger partial charge in [0.1, 0.15) is 11.9 Å². The summed E-state index contributed by atoms with van der Waals surface area (Å²) in [5, 5.41) is 3.35. The minimum Gasteiger partial charge on any atom is -0.490 e. The molecule has 0 amide bonds. The quantitative estimate of drug-likeness (QED) is 0.786. The van der Waals surface area contributed by atoms with E-state index in [1.54, 1.807) is 0 Å². The Bertz CT molecular complexity index is 339. The number of hydrogen-bond acceptors (Lipinski definition) is 2. The molecule has 0 atom stereocenters. The van der Waals surface area contributed by atoms with Gasteiger partial charge in [-0.1, -0.05) is 30.3 Å². The molecule has 1 aromatic carbocycles. The van der Waals surface area contributed by atoms with Crippen molar-refractivity contribution in [2.75, 3.05) is 13.1 Å². The summed E-state index contributed by atoms with van der Waals surface area (Å²) in [6.45, 7) is 4.16. The molecule has 2 heteroatoms. The number of nitrogens with one attached hydrogen (secondary N) is 1. The molecule has 2 nitrogen and oxygen atoms in total. The van der Waals surface area contributed by atoms with Gasteiger partial charge in [0.2, 0.25) is 0 Å². The van der Waals surface area contributed by atoms with Gasteiger partial charge in [0.05, 0.1) is 0 Å². The zero-order valence-corrected chi connectivity index (χ0v) is 9.78. The Labute approximate surface area is 97.3 Å². The third-order valence-corrected chi connectivity index (χ3v) is 2.90. The molecule has 0 aliphatic carbocycles. The number of allylic oxidation sites excluding steroid dienone is 1. The van der Waals surface area contributed by atoms with Gasteiger partial charge < -0.3 is 10.1 Å². The van der Waals surface area contributed by atoms with Gasteiger partial charge in [-0.25, -0.2) is 0 Å². The van der Waals surface area contributed by atoms with Crippen molar-refractivity contribution in [3.63, 3.8) is 0 Å². The van der Waals surface area contributed by atoms with Crippen LogP contribution in [0.15, 0.2) is 36.4 Å². The zero-order valence-electron chi connectivity index (χ0n) is 9.78. The van der Waals surface area contributed by atoms with Gasteiger partial charge in [-0.15, -0.1) is 0 Å². The van der Waals surface area contributed by atoms with Crippen LogP contribution in [0.5, 0.6) is 0 Å². The molecular weight excluding hydrogens is 198 g/mol. The van der Waals surface area contributed by atoms with Crippen molar-refractivity contribution in [3.8, 4) is 0 Å². The summed E-state index contributed by atoms with van der Waals surface area (Å²) in [5.41, 5.74) is 1.17. The first-order valence-electron chi connectivity index (χ1n) is 5.99. The van der Waals surface area contributed by atoms with E-state index in [9.17, 15) is 0 Å². The lowest BCUT2D eigenvalue weighted by molar-refractivity contribution is 0.131. The maximum atomic E-state index is 6.05. The second-order valence-corrected chi connectivity index (χ2v) is 4.09. The lowest BCUT2D eigenvalue weighted by Crippen LogP contribution is -2.32. The molecular formula is C14H19NO. The first kappa shape index (κ1) is 11.2. The van der Waals surface area contributed by atoms with Crippen LogP contribution >= 0.6 is 0 Å². The predicted molar refractivity (Wildman–Crippen MR) is 67.1 cm³/mol. The van der Waals surface area contributed by atoms with Crippen molar-refractivity contribution in [3.05, 3.63) is 42.0 Å². The Morgan fingerprint density at radius 1 is 1.25 bits per heavy atom. The third-order valence-electron chi connectivity index (χ3n) is 2.90. The van der Waals surface area contributed by atoms with Gasteiger partial charge in [-0.05, 0) is 38.9 Å². The lowest BCUT2D eigenvalue weighted by Gasteiger charge is -2.25. The van der Waals surface area contributed by atoms with Crippen LogP contribution in [0.25, 0.3) is 5.76 Å². The molecule has 16 heavy (non-hydrogen) atoms. The summed E-state index contributed by atoms with van der Waals surface area (Å²) in [6, 6.07) is 10.3. The fourth-order valence-corrected chi connectivity index (χ4v) is 2.00. The molecule has 0 unspecified atom stereocenters. The Morgan fingerprint density at radius 2 is 1.94 bits per heavy atom. The molecule has 1 aliphatic rings. The highest BCUT2D eigenvalue weighted by atomic mass is 16.5. The van der Waals surface area contributed by atoms with E-state index in [0.717, 1.165) is 31.7 Å². The topological polar surface area (TPSA) is 21.3 Å². The fourth-order valence-electron chi connectivity index (χ4n) is 2.00.